The Kier molecular flexibility index (Phi) is 4.40. The zero-order valence-electron chi connectivity index (χ0n) is 11.2. The molecule has 1 aliphatic rings. The summed E-state index contributed by atoms with van der Waals surface area (Å²) < 4.78 is 5.31. The number of carbonyl (C=O) groups excluding carboxylic acids is 1. The van der Waals surface area contributed by atoms with Gasteiger partial charge in [0.2, 0.25) is 0 Å². The van der Waals surface area contributed by atoms with E-state index in [1.54, 1.807) is 36.4 Å². The molecule has 1 aliphatic carbocycles. The van der Waals surface area contributed by atoms with Gasteiger partial charge in [0.05, 0.1) is 12.5 Å². The predicted octanol–water partition coefficient (Wildman–Crippen LogP) is 1.84. The van der Waals surface area contributed by atoms with Crippen LogP contribution in [-0.2, 0) is 4.79 Å². The molecule has 5 heteroatoms. The maximum Gasteiger partial charge on any atom is 0.310 e. The summed E-state index contributed by atoms with van der Waals surface area (Å²) >= 11 is 0. The molecule has 20 heavy (non-hydrogen) atoms. The molecule has 0 spiro atoms. The first kappa shape index (κ1) is 14.1. The van der Waals surface area contributed by atoms with E-state index in [0.29, 0.717) is 18.6 Å². The first-order chi connectivity index (χ1) is 9.60. The van der Waals surface area contributed by atoms with Gasteiger partial charge in [0, 0.05) is 11.6 Å². The lowest BCUT2D eigenvalue weighted by Gasteiger charge is -2.12. The lowest BCUT2D eigenvalue weighted by molar-refractivity contribution is -0.140. The van der Waals surface area contributed by atoms with Crippen LogP contribution >= 0.6 is 0 Å². The fourth-order valence-corrected chi connectivity index (χ4v) is 2.11. The van der Waals surface area contributed by atoms with Crippen LogP contribution in [0.1, 0.15) is 23.7 Å². The Morgan fingerprint density at radius 1 is 1.30 bits per heavy atom. The Hall–Kier alpha value is -2.30. The van der Waals surface area contributed by atoms with Crippen LogP contribution in [0.4, 0.5) is 0 Å². The maximum absolute atomic E-state index is 12.0. The number of ether oxygens (including phenoxy) is 1. The van der Waals surface area contributed by atoms with Crippen molar-refractivity contribution in [1.82, 2.24) is 5.32 Å². The normalized spacial score (nSPS) is 20.6. The third kappa shape index (κ3) is 3.38. The molecule has 0 saturated heterocycles. The van der Waals surface area contributed by atoms with Crippen molar-refractivity contribution in [1.29, 1.82) is 0 Å². The van der Waals surface area contributed by atoms with Crippen molar-refractivity contribution in [2.24, 2.45) is 5.92 Å². The molecule has 2 N–H and O–H groups in total. The van der Waals surface area contributed by atoms with Crippen LogP contribution in [0.15, 0.2) is 36.4 Å². The molecular formula is C15H17NO4. The molecule has 0 saturated carbocycles. The van der Waals surface area contributed by atoms with Crippen LogP contribution in [0.25, 0.3) is 0 Å². The third-order valence-corrected chi connectivity index (χ3v) is 3.14. The predicted molar refractivity (Wildman–Crippen MR) is 73.7 cm³/mol. The Bertz CT molecular complexity index is 521. The highest BCUT2D eigenvalue weighted by molar-refractivity contribution is 5.94. The van der Waals surface area contributed by atoms with Gasteiger partial charge in [0.15, 0.2) is 0 Å². The Morgan fingerprint density at radius 2 is 2.00 bits per heavy atom. The van der Waals surface area contributed by atoms with Gasteiger partial charge in [-0.3, -0.25) is 9.59 Å². The maximum atomic E-state index is 12.0. The largest absolute Gasteiger partial charge is 0.494 e. The second-order valence-electron chi connectivity index (χ2n) is 4.60. The molecule has 1 aromatic rings. The van der Waals surface area contributed by atoms with Crippen LogP contribution in [-0.4, -0.2) is 29.6 Å². The van der Waals surface area contributed by atoms with E-state index in [2.05, 4.69) is 5.32 Å². The van der Waals surface area contributed by atoms with Gasteiger partial charge in [-0.05, 0) is 37.6 Å². The lowest BCUT2D eigenvalue weighted by Crippen LogP contribution is -2.33. The molecule has 0 heterocycles. The average Bonchev–Trinajstić information content (AvgIpc) is 2.88. The Labute approximate surface area is 117 Å². The van der Waals surface area contributed by atoms with Gasteiger partial charge in [-0.25, -0.2) is 0 Å². The zero-order valence-corrected chi connectivity index (χ0v) is 11.2. The number of aliphatic carboxylic acids is 1. The van der Waals surface area contributed by atoms with E-state index < -0.39 is 11.9 Å². The molecule has 0 aliphatic heterocycles. The topological polar surface area (TPSA) is 75.6 Å². The highest BCUT2D eigenvalue weighted by Gasteiger charge is 2.25. The van der Waals surface area contributed by atoms with Gasteiger partial charge >= 0.3 is 5.97 Å². The smallest absolute Gasteiger partial charge is 0.310 e. The molecule has 0 fully saturated rings. The van der Waals surface area contributed by atoms with Crippen molar-refractivity contribution < 1.29 is 19.4 Å². The summed E-state index contributed by atoms with van der Waals surface area (Å²) in [5.74, 6) is -0.871. The summed E-state index contributed by atoms with van der Waals surface area (Å²) in [4.78, 5) is 22.8. The summed E-state index contributed by atoms with van der Waals surface area (Å²) in [6.07, 6.45) is 3.74. The highest BCUT2D eigenvalue weighted by Crippen LogP contribution is 2.19. The second kappa shape index (κ2) is 6.23. The van der Waals surface area contributed by atoms with Crippen molar-refractivity contribution in [3.05, 3.63) is 42.0 Å². The standard InChI is InChI=1S/C15H17NO4/c1-2-20-13-7-4-10(5-8-13)14(17)16-12-6-3-11(9-12)15(18)19/h3-8,11-12H,2,9H2,1H3,(H,16,17)(H,18,19). The fourth-order valence-electron chi connectivity index (χ4n) is 2.11. The van der Waals surface area contributed by atoms with E-state index in [1.165, 1.54) is 0 Å². The molecule has 0 radical (unpaired) electrons. The minimum absolute atomic E-state index is 0.214. The molecule has 106 valence electrons. The summed E-state index contributed by atoms with van der Waals surface area (Å²) in [6.45, 7) is 2.47. The number of carbonyl (C=O) groups is 2. The van der Waals surface area contributed by atoms with E-state index in [1.807, 2.05) is 6.92 Å². The molecule has 0 bridgehead atoms. The minimum atomic E-state index is -0.862. The average molecular weight is 275 g/mol. The van der Waals surface area contributed by atoms with Crippen LogP contribution in [0.3, 0.4) is 0 Å². The fraction of sp³-hybridized carbons (Fsp3) is 0.333. The second-order valence-corrected chi connectivity index (χ2v) is 4.60. The van der Waals surface area contributed by atoms with Crippen molar-refractivity contribution in [2.75, 3.05) is 6.61 Å². The van der Waals surface area contributed by atoms with Gasteiger partial charge in [0.25, 0.3) is 5.91 Å². The minimum Gasteiger partial charge on any atom is -0.494 e. The van der Waals surface area contributed by atoms with E-state index >= 15 is 0 Å². The van der Waals surface area contributed by atoms with Gasteiger partial charge in [-0.15, -0.1) is 0 Å². The van der Waals surface area contributed by atoms with Gasteiger partial charge in [0.1, 0.15) is 5.75 Å². The SMILES string of the molecule is CCOc1ccc(C(=O)NC2C=CC(C(=O)O)C2)cc1. The monoisotopic (exact) mass is 275 g/mol. The first-order valence-electron chi connectivity index (χ1n) is 6.55. The number of carboxylic acids is 1. The van der Waals surface area contributed by atoms with Gasteiger partial charge in [-0.1, -0.05) is 12.2 Å². The molecule has 0 aromatic heterocycles. The number of hydrogen-bond acceptors (Lipinski definition) is 3. The summed E-state index contributed by atoms with van der Waals surface area (Å²) in [6, 6.07) is 6.63. The van der Waals surface area contributed by atoms with E-state index in [-0.39, 0.29) is 11.9 Å². The molecule has 5 nitrogen and oxygen atoms in total. The van der Waals surface area contributed by atoms with Crippen LogP contribution < -0.4 is 10.1 Å². The number of benzene rings is 1. The Balaban J connectivity index is 1.92. The van der Waals surface area contributed by atoms with Crippen molar-refractivity contribution in [3.8, 4) is 5.75 Å². The summed E-state index contributed by atoms with van der Waals surface area (Å²) in [5.41, 5.74) is 0.528. The number of amides is 1. The number of rotatable bonds is 5. The highest BCUT2D eigenvalue weighted by atomic mass is 16.5. The van der Waals surface area contributed by atoms with Crippen LogP contribution in [0, 0.1) is 5.92 Å². The van der Waals surface area contributed by atoms with Gasteiger partial charge in [-0.2, -0.15) is 0 Å². The molecule has 2 atom stereocenters. The molecule has 2 unspecified atom stereocenters. The lowest BCUT2D eigenvalue weighted by atomic mass is 10.1. The first-order valence-corrected chi connectivity index (χ1v) is 6.55. The number of nitrogens with one attached hydrogen (secondary N) is 1. The summed E-state index contributed by atoms with van der Waals surface area (Å²) in [5, 5.41) is 11.7. The third-order valence-electron chi connectivity index (χ3n) is 3.14. The number of carboxylic acid groups (broad SMARTS) is 1. The van der Waals surface area contributed by atoms with Gasteiger partial charge < -0.3 is 15.2 Å². The van der Waals surface area contributed by atoms with Crippen molar-refractivity contribution in [2.45, 2.75) is 19.4 Å². The van der Waals surface area contributed by atoms with E-state index in [9.17, 15) is 9.59 Å². The number of hydrogen-bond donors (Lipinski definition) is 2. The zero-order chi connectivity index (χ0) is 14.5. The molecule has 1 amide bonds. The summed E-state index contributed by atoms with van der Waals surface area (Å²) in [7, 11) is 0. The quantitative estimate of drug-likeness (QED) is 0.804. The van der Waals surface area contributed by atoms with Crippen LogP contribution in [0.2, 0.25) is 0 Å². The van der Waals surface area contributed by atoms with Crippen molar-refractivity contribution in [3.63, 3.8) is 0 Å². The molecule has 1 aromatic carbocycles. The van der Waals surface area contributed by atoms with Crippen LogP contribution in [0.5, 0.6) is 5.75 Å². The van der Waals surface area contributed by atoms with E-state index in [0.717, 1.165) is 5.75 Å². The van der Waals surface area contributed by atoms with E-state index in [4.69, 9.17) is 9.84 Å². The molecular weight excluding hydrogens is 258 g/mol. The Morgan fingerprint density at radius 3 is 2.55 bits per heavy atom. The van der Waals surface area contributed by atoms with Crippen molar-refractivity contribution >= 4 is 11.9 Å². The molecule has 2 rings (SSSR count).